The number of hydrogen-bond acceptors (Lipinski definition) is 4. The van der Waals surface area contributed by atoms with Crippen molar-refractivity contribution >= 4 is 50.7 Å². The number of hydrogen-bond donors (Lipinski definition) is 1. The fourth-order valence-corrected chi connectivity index (χ4v) is 5.25. The first kappa shape index (κ1) is 28.9. The number of rotatable bonds is 12. The summed E-state index contributed by atoms with van der Waals surface area (Å²) in [5.74, 6) is -0.484. The van der Waals surface area contributed by atoms with E-state index in [2.05, 4.69) is 5.32 Å². The molecule has 0 saturated heterocycles. The molecule has 1 N–H and O–H groups in total. The highest BCUT2D eigenvalue weighted by molar-refractivity contribution is 7.92. The molecule has 0 bridgehead atoms. The third kappa shape index (κ3) is 7.85. The number of sulfonamides is 1. The van der Waals surface area contributed by atoms with Crippen LogP contribution in [0.15, 0.2) is 42.5 Å². The molecule has 1 atom stereocenters. The Hall–Kier alpha value is -2.29. The number of benzene rings is 2. The van der Waals surface area contributed by atoms with E-state index in [-0.39, 0.29) is 37.7 Å². The summed E-state index contributed by atoms with van der Waals surface area (Å²) in [5.41, 5.74) is 1.86. The van der Waals surface area contributed by atoms with Gasteiger partial charge in [0.15, 0.2) is 0 Å². The van der Waals surface area contributed by atoms with Gasteiger partial charge in [0.2, 0.25) is 21.8 Å². The Bertz CT molecular complexity index is 1140. The molecule has 192 valence electrons. The molecule has 7 nitrogen and oxygen atoms in total. The topological polar surface area (TPSA) is 86.8 Å². The second-order valence-electron chi connectivity index (χ2n) is 8.25. The van der Waals surface area contributed by atoms with Gasteiger partial charge >= 0.3 is 0 Å². The van der Waals surface area contributed by atoms with E-state index >= 15 is 0 Å². The van der Waals surface area contributed by atoms with E-state index in [1.54, 1.807) is 37.3 Å². The van der Waals surface area contributed by atoms with Crippen LogP contribution in [0.5, 0.6) is 0 Å². The summed E-state index contributed by atoms with van der Waals surface area (Å²) in [6, 6.07) is 11.6. The minimum Gasteiger partial charge on any atom is -0.355 e. The van der Waals surface area contributed by atoms with E-state index in [1.807, 2.05) is 26.0 Å². The molecule has 0 fully saturated rings. The van der Waals surface area contributed by atoms with Crippen LogP contribution in [0.4, 0.5) is 5.69 Å². The monoisotopic (exact) mass is 541 g/mol. The lowest BCUT2D eigenvalue weighted by Crippen LogP contribution is -2.49. The number of nitrogens with zero attached hydrogens (tertiary/aromatic N) is 2. The van der Waals surface area contributed by atoms with Crippen LogP contribution in [0.1, 0.15) is 44.2 Å². The van der Waals surface area contributed by atoms with Gasteiger partial charge in [-0.25, -0.2) is 8.42 Å². The van der Waals surface area contributed by atoms with Crippen LogP contribution in [0.25, 0.3) is 0 Å². The van der Waals surface area contributed by atoms with Gasteiger partial charge in [0.05, 0.1) is 11.9 Å². The zero-order valence-electron chi connectivity index (χ0n) is 20.6. The van der Waals surface area contributed by atoms with Crippen molar-refractivity contribution in [2.75, 3.05) is 23.7 Å². The van der Waals surface area contributed by atoms with Gasteiger partial charge in [-0.3, -0.25) is 13.9 Å². The van der Waals surface area contributed by atoms with E-state index in [4.69, 9.17) is 23.2 Å². The highest BCUT2D eigenvalue weighted by Crippen LogP contribution is 2.28. The standard InChI is InChI=1S/C25H33Cl2N3O4S/c1-5-22(25(32)28-6-2)29(17-19-11-7-8-12-21(19)27)24(31)15-10-16-30(35(4,33)34)23-14-9-13-20(26)18(23)3/h7-9,11-14,22H,5-6,10,15-17H2,1-4H3,(H,28,32)/t22-/m1/s1. The van der Waals surface area contributed by atoms with Gasteiger partial charge in [-0.2, -0.15) is 0 Å². The Labute approximate surface area is 218 Å². The first-order valence-electron chi connectivity index (χ1n) is 11.5. The quantitative estimate of drug-likeness (QED) is 0.418. The lowest BCUT2D eigenvalue weighted by molar-refractivity contribution is -0.141. The summed E-state index contributed by atoms with van der Waals surface area (Å²) in [7, 11) is -3.60. The molecule has 0 heterocycles. The van der Waals surface area contributed by atoms with Crippen LogP contribution in [-0.2, 0) is 26.2 Å². The summed E-state index contributed by atoms with van der Waals surface area (Å²) in [5, 5.41) is 3.77. The van der Waals surface area contributed by atoms with Crippen molar-refractivity contribution in [1.29, 1.82) is 0 Å². The highest BCUT2D eigenvalue weighted by Gasteiger charge is 2.29. The second kappa shape index (κ2) is 13.1. The third-order valence-electron chi connectivity index (χ3n) is 5.70. The van der Waals surface area contributed by atoms with Crippen molar-refractivity contribution in [1.82, 2.24) is 10.2 Å². The molecule has 2 rings (SSSR count). The van der Waals surface area contributed by atoms with E-state index in [0.717, 1.165) is 11.8 Å². The number of amides is 2. The van der Waals surface area contributed by atoms with E-state index in [0.29, 0.717) is 34.3 Å². The van der Waals surface area contributed by atoms with Crippen molar-refractivity contribution < 1.29 is 18.0 Å². The maximum atomic E-state index is 13.4. The summed E-state index contributed by atoms with van der Waals surface area (Å²) < 4.78 is 26.3. The van der Waals surface area contributed by atoms with E-state index < -0.39 is 16.1 Å². The molecule has 0 saturated carbocycles. The van der Waals surface area contributed by atoms with E-state index in [1.165, 1.54) is 9.21 Å². The number of anilines is 1. The maximum absolute atomic E-state index is 13.4. The average Bonchev–Trinajstić information content (AvgIpc) is 2.79. The Morgan fingerprint density at radius 3 is 2.29 bits per heavy atom. The van der Waals surface area contributed by atoms with Crippen molar-refractivity contribution in [3.8, 4) is 0 Å². The summed E-state index contributed by atoms with van der Waals surface area (Å²) >= 11 is 12.5. The number of nitrogens with one attached hydrogen (secondary N) is 1. The number of likely N-dealkylation sites (N-methyl/N-ethyl adjacent to an activating group) is 1. The van der Waals surface area contributed by atoms with E-state index in [9.17, 15) is 18.0 Å². The van der Waals surface area contributed by atoms with Gasteiger partial charge in [-0.1, -0.05) is 54.4 Å². The minimum absolute atomic E-state index is 0.0615. The molecular weight excluding hydrogens is 509 g/mol. The van der Waals surface area contributed by atoms with Crippen molar-refractivity contribution in [3.63, 3.8) is 0 Å². The summed E-state index contributed by atoms with van der Waals surface area (Å²) in [6.45, 7) is 6.15. The molecule has 10 heteroatoms. The Morgan fingerprint density at radius 1 is 1.03 bits per heavy atom. The number of carbonyl (C=O) groups excluding carboxylic acids is 2. The summed E-state index contributed by atoms with van der Waals surface area (Å²) in [4.78, 5) is 27.6. The van der Waals surface area contributed by atoms with Crippen LogP contribution in [0.3, 0.4) is 0 Å². The SMILES string of the molecule is CCNC(=O)[C@@H](CC)N(Cc1ccccc1Cl)C(=O)CCCN(c1cccc(Cl)c1C)S(C)(=O)=O. The molecule has 2 aromatic carbocycles. The Kier molecular flexibility index (Phi) is 10.9. The van der Waals surface area contributed by atoms with Crippen LogP contribution < -0.4 is 9.62 Å². The Balaban J connectivity index is 2.25. The summed E-state index contributed by atoms with van der Waals surface area (Å²) in [6.07, 6.45) is 1.88. The second-order valence-corrected chi connectivity index (χ2v) is 11.0. The van der Waals surface area contributed by atoms with Gasteiger partial charge in [-0.05, 0) is 56.0 Å². The highest BCUT2D eigenvalue weighted by atomic mass is 35.5. The lowest BCUT2D eigenvalue weighted by atomic mass is 10.1. The molecule has 2 amide bonds. The first-order valence-corrected chi connectivity index (χ1v) is 14.1. The molecule has 0 aromatic heterocycles. The zero-order chi connectivity index (χ0) is 26.2. The zero-order valence-corrected chi connectivity index (χ0v) is 22.9. The largest absolute Gasteiger partial charge is 0.355 e. The average molecular weight is 543 g/mol. The van der Waals surface area contributed by atoms with Gasteiger partial charge in [0.25, 0.3) is 0 Å². The van der Waals surface area contributed by atoms with Crippen LogP contribution in [0.2, 0.25) is 10.0 Å². The van der Waals surface area contributed by atoms with Crippen LogP contribution in [0, 0.1) is 6.92 Å². The van der Waals surface area contributed by atoms with Gasteiger partial charge in [0, 0.05) is 36.1 Å². The van der Waals surface area contributed by atoms with Crippen molar-refractivity contribution in [3.05, 3.63) is 63.6 Å². The van der Waals surface area contributed by atoms with Crippen molar-refractivity contribution in [2.24, 2.45) is 0 Å². The van der Waals surface area contributed by atoms with Gasteiger partial charge in [0.1, 0.15) is 6.04 Å². The van der Waals surface area contributed by atoms with Gasteiger partial charge < -0.3 is 10.2 Å². The molecule has 0 aliphatic rings. The smallest absolute Gasteiger partial charge is 0.242 e. The molecular formula is C25H33Cl2N3O4S. The predicted molar refractivity (Wildman–Crippen MR) is 142 cm³/mol. The molecule has 0 aliphatic carbocycles. The fraction of sp³-hybridized carbons (Fsp3) is 0.440. The number of carbonyl (C=O) groups is 2. The lowest BCUT2D eigenvalue weighted by Gasteiger charge is -2.31. The normalized spacial score (nSPS) is 12.2. The molecule has 35 heavy (non-hydrogen) atoms. The Morgan fingerprint density at radius 2 is 1.69 bits per heavy atom. The maximum Gasteiger partial charge on any atom is 0.242 e. The van der Waals surface area contributed by atoms with Gasteiger partial charge in [-0.15, -0.1) is 0 Å². The molecule has 0 spiro atoms. The third-order valence-corrected chi connectivity index (χ3v) is 7.65. The number of halogens is 2. The molecule has 2 aromatic rings. The minimum atomic E-state index is -3.60. The van der Waals surface area contributed by atoms with Crippen LogP contribution in [-0.4, -0.2) is 50.5 Å². The molecule has 0 unspecified atom stereocenters. The van der Waals surface area contributed by atoms with Crippen molar-refractivity contribution in [2.45, 2.75) is 52.6 Å². The molecule has 0 aliphatic heterocycles. The van der Waals surface area contributed by atoms with Crippen LogP contribution >= 0.6 is 23.2 Å². The fourth-order valence-electron chi connectivity index (χ4n) is 3.87. The predicted octanol–water partition coefficient (Wildman–Crippen LogP) is 4.79. The molecule has 0 radical (unpaired) electrons. The first-order chi connectivity index (χ1) is 16.5.